The third-order valence-corrected chi connectivity index (χ3v) is 4.09. The Morgan fingerprint density at radius 3 is 2.46 bits per heavy atom. The van der Waals surface area contributed by atoms with E-state index in [0.717, 1.165) is 12.1 Å². The Morgan fingerprint density at radius 2 is 1.85 bits per heavy atom. The number of rotatable bonds is 8. The summed E-state index contributed by atoms with van der Waals surface area (Å²) in [5.74, 6) is 0.00645. The summed E-state index contributed by atoms with van der Waals surface area (Å²) >= 11 is 0. The molecule has 0 spiro atoms. The summed E-state index contributed by atoms with van der Waals surface area (Å²) < 4.78 is 1.55. The van der Waals surface area contributed by atoms with Gasteiger partial charge in [0, 0.05) is 44.9 Å². The smallest absolute Gasteiger partial charge is 0.250 e. The molecular formula is C20H24N4O2. The van der Waals surface area contributed by atoms with Crippen molar-refractivity contribution in [1.82, 2.24) is 14.4 Å². The van der Waals surface area contributed by atoms with E-state index in [0.29, 0.717) is 25.2 Å². The second kappa shape index (κ2) is 9.54. The maximum Gasteiger partial charge on any atom is 0.250 e. The van der Waals surface area contributed by atoms with E-state index in [1.807, 2.05) is 31.1 Å². The van der Waals surface area contributed by atoms with Gasteiger partial charge in [-0.3, -0.25) is 9.59 Å². The topological polar surface area (TPSA) is 69.3 Å². The lowest BCUT2D eigenvalue weighted by molar-refractivity contribution is -0.132. The van der Waals surface area contributed by atoms with Crippen LogP contribution in [0, 0.1) is 11.3 Å². The first-order valence-corrected chi connectivity index (χ1v) is 8.56. The number of amides is 1. The molecule has 26 heavy (non-hydrogen) atoms. The van der Waals surface area contributed by atoms with Gasteiger partial charge in [-0.15, -0.1) is 0 Å². The molecule has 0 N–H and O–H groups in total. The molecule has 6 heteroatoms. The molecule has 1 amide bonds. The number of aromatic nitrogens is 1. The summed E-state index contributed by atoms with van der Waals surface area (Å²) in [6.45, 7) is 2.22. The number of hydrogen-bond donors (Lipinski definition) is 0. The highest BCUT2D eigenvalue weighted by molar-refractivity contribution is 5.76. The molecule has 1 aromatic carbocycles. The van der Waals surface area contributed by atoms with Crippen molar-refractivity contribution in [2.45, 2.75) is 19.5 Å². The van der Waals surface area contributed by atoms with E-state index in [2.05, 4.69) is 6.07 Å². The van der Waals surface area contributed by atoms with E-state index in [9.17, 15) is 9.59 Å². The number of likely N-dealkylation sites (N-methyl/N-ethyl adjacent to an activating group) is 1. The van der Waals surface area contributed by atoms with E-state index in [4.69, 9.17) is 5.26 Å². The Balaban J connectivity index is 2.04. The van der Waals surface area contributed by atoms with Gasteiger partial charge in [0.25, 0.3) is 5.56 Å². The summed E-state index contributed by atoms with van der Waals surface area (Å²) in [5.41, 5.74) is 1.48. The maximum atomic E-state index is 12.7. The molecule has 0 bridgehead atoms. The number of aryl methyl sites for hydroxylation is 1. The van der Waals surface area contributed by atoms with Crippen LogP contribution in [0.2, 0.25) is 0 Å². The number of nitrogens with zero attached hydrogens (tertiary/aromatic N) is 4. The highest BCUT2D eigenvalue weighted by atomic mass is 16.2. The average molecular weight is 352 g/mol. The summed E-state index contributed by atoms with van der Waals surface area (Å²) in [6, 6.07) is 14.3. The highest BCUT2D eigenvalue weighted by Crippen LogP contribution is 2.09. The van der Waals surface area contributed by atoms with E-state index >= 15 is 0 Å². The summed E-state index contributed by atoms with van der Waals surface area (Å²) in [5, 5.41) is 8.90. The number of carbonyl (C=O) groups excluding carboxylic acids is 1. The Morgan fingerprint density at radius 1 is 1.12 bits per heavy atom. The standard InChI is InChI=1S/C20H24N4O2/c1-22(2)13-14-24(16-18-8-6-17(15-21)7-9-18)20(26)10-12-23-11-4-3-5-19(23)25/h3-9,11H,10,12-14,16H2,1-2H3. The molecule has 0 saturated heterocycles. The van der Waals surface area contributed by atoms with Crippen molar-refractivity contribution in [3.8, 4) is 6.07 Å². The molecule has 2 aromatic rings. The van der Waals surface area contributed by atoms with Crippen LogP contribution < -0.4 is 5.56 Å². The van der Waals surface area contributed by atoms with E-state index in [1.54, 1.807) is 39.9 Å². The van der Waals surface area contributed by atoms with Crippen LogP contribution in [0.4, 0.5) is 0 Å². The van der Waals surface area contributed by atoms with Crippen molar-refractivity contribution in [1.29, 1.82) is 5.26 Å². The Labute approximate surface area is 153 Å². The minimum atomic E-state index is -0.104. The van der Waals surface area contributed by atoms with Gasteiger partial charge >= 0.3 is 0 Å². The fraction of sp³-hybridized carbons (Fsp3) is 0.350. The van der Waals surface area contributed by atoms with Crippen LogP contribution in [-0.2, 0) is 17.9 Å². The predicted molar refractivity (Wildman–Crippen MR) is 100 cm³/mol. The molecule has 136 valence electrons. The third kappa shape index (κ3) is 5.87. The second-order valence-corrected chi connectivity index (χ2v) is 6.41. The molecule has 0 aliphatic rings. The number of carbonyl (C=O) groups is 1. The van der Waals surface area contributed by atoms with Gasteiger partial charge in [0.1, 0.15) is 0 Å². The van der Waals surface area contributed by atoms with E-state index in [-0.39, 0.29) is 17.9 Å². The molecule has 0 aliphatic carbocycles. The second-order valence-electron chi connectivity index (χ2n) is 6.41. The minimum Gasteiger partial charge on any atom is -0.337 e. The van der Waals surface area contributed by atoms with Crippen molar-refractivity contribution < 1.29 is 4.79 Å². The average Bonchev–Trinajstić information content (AvgIpc) is 2.64. The zero-order chi connectivity index (χ0) is 18.9. The van der Waals surface area contributed by atoms with E-state index in [1.165, 1.54) is 6.07 Å². The number of hydrogen-bond acceptors (Lipinski definition) is 4. The molecule has 0 aliphatic heterocycles. The van der Waals surface area contributed by atoms with Gasteiger partial charge < -0.3 is 14.4 Å². The van der Waals surface area contributed by atoms with Crippen LogP contribution in [-0.4, -0.2) is 47.5 Å². The van der Waals surface area contributed by atoms with Gasteiger partial charge in [0.15, 0.2) is 0 Å². The Hall–Kier alpha value is -2.91. The molecule has 1 aromatic heterocycles. The van der Waals surface area contributed by atoms with Gasteiger partial charge in [-0.05, 0) is 37.9 Å². The van der Waals surface area contributed by atoms with Crippen molar-refractivity contribution in [2.75, 3.05) is 27.2 Å². The Bertz CT molecular complexity index is 819. The molecular weight excluding hydrogens is 328 g/mol. The fourth-order valence-electron chi connectivity index (χ4n) is 2.54. The van der Waals surface area contributed by atoms with Crippen molar-refractivity contribution in [2.24, 2.45) is 0 Å². The zero-order valence-corrected chi connectivity index (χ0v) is 15.3. The summed E-state index contributed by atoms with van der Waals surface area (Å²) in [4.78, 5) is 28.3. The van der Waals surface area contributed by atoms with Gasteiger partial charge in [0.2, 0.25) is 5.91 Å². The number of pyridine rings is 1. The normalized spacial score (nSPS) is 10.5. The van der Waals surface area contributed by atoms with Crippen molar-refractivity contribution in [3.05, 3.63) is 70.1 Å². The largest absolute Gasteiger partial charge is 0.337 e. The molecule has 0 fully saturated rings. The maximum absolute atomic E-state index is 12.7. The molecule has 0 atom stereocenters. The molecule has 0 radical (unpaired) electrons. The van der Waals surface area contributed by atoms with Crippen LogP contribution in [0.1, 0.15) is 17.5 Å². The molecule has 2 rings (SSSR count). The lowest BCUT2D eigenvalue weighted by Crippen LogP contribution is -2.37. The van der Waals surface area contributed by atoms with Crippen LogP contribution in [0.5, 0.6) is 0 Å². The van der Waals surface area contributed by atoms with Gasteiger partial charge in [0.05, 0.1) is 11.6 Å². The Kier molecular flexibility index (Phi) is 7.12. The molecule has 0 unspecified atom stereocenters. The first-order chi connectivity index (χ1) is 12.5. The fourth-order valence-corrected chi connectivity index (χ4v) is 2.54. The van der Waals surface area contributed by atoms with Gasteiger partial charge in [-0.25, -0.2) is 0 Å². The third-order valence-electron chi connectivity index (χ3n) is 4.09. The van der Waals surface area contributed by atoms with E-state index < -0.39 is 0 Å². The van der Waals surface area contributed by atoms with Crippen LogP contribution in [0.15, 0.2) is 53.5 Å². The zero-order valence-electron chi connectivity index (χ0n) is 15.3. The predicted octanol–water partition coefficient (Wildman–Crippen LogP) is 1.70. The van der Waals surface area contributed by atoms with Crippen LogP contribution in [0.3, 0.4) is 0 Å². The SMILES string of the molecule is CN(C)CCN(Cc1ccc(C#N)cc1)C(=O)CCn1ccccc1=O. The monoisotopic (exact) mass is 352 g/mol. The first-order valence-electron chi connectivity index (χ1n) is 8.56. The lowest BCUT2D eigenvalue weighted by Gasteiger charge is -2.25. The molecule has 0 saturated carbocycles. The summed E-state index contributed by atoms with van der Waals surface area (Å²) in [7, 11) is 3.93. The van der Waals surface area contributed by atoms with Crippen molar-refractivity contribution in [3.63, 3.8) is 0 Å². The van der Waals surface area contributed by atoms with Crippen molar-refractivity contribution >= 4 is 5.91 Å². The van der Waals surface area contributed by atoms with Gasteiger partial charge in [-0.2, -0.15) is 5.26 Å². The molecule has 6 nitrogen and oxygen atoms in total. The number of nitriles is 1. The summed E-state index contributed by atoms with van der Waals surface area (Å²) in [6.07, 6.45) is 1.97. The van der Waals surface area contributed by atoms with Gasteiger partial charge in [-0.1, -0.05) is 18.2 Å². The number of benzene rings is 1. The molecule has 1 heterocycles. The van der Waals surface area contributed by atoms with Crippen LogP contribution in [0.25, 0.3) is 0 Å². The van der Waals surface area contributed by atoms with Crippen LogP contribution >= 0.6 is 0 Å². The first kappa shape index (κ1) is 19.4. The minimum absolute atomic E-state index is 0.00645. The lowest BCUT2D eigenvalue weighted by atomic mass is 10.1. The highest BCUT2D eigenvalue weighted by Gasteiger charge is 2.14. The quantitative estimate of drug-likeness (QED) is 0.725.